The quantitative estimate of drug-likeness (QED) is 0.588. The van der Waals surface area contributed by atoms with Gasteiger partial charge in [0.2, 0.25) is 5.91 Å². The zero-order valence-corrected chi connectivity index (χ0v) is 16.9. The minimum absolute atomic E-state index is 0.00722. The number of benzene rings is 1. The molecule has 158 valence electrons. The molecule has 1 aliphatic heterocycles. The first-order chi connectivity index (χ1) is 13.9. The molecule has 29 heavy (non-hydrogen) atoms. The predicted molar refractivity (Wildman–Crippen MR) is 106 cm³/mol. The highest BCUT2D eigenvalue weighted by molar-refractivity contribution is 6.30. The van der Waals surface area contributed by atoms with Gasteiger partial charge in [0, 0.05) is 38.3 Å². The lowest BCUT2D eigenvalue weighted by Crippen LogP contribution is -2.47. The van der Waals surface area contributed by atoms with Crippen LogP contribution in [0.1, 0.15) is 25.7 Å². The molecule has 1 atom stereocenters. The Morgan fingerprint density at radius 2 is 2.17 bits per heavy atom. The highest BCUT2D eigenvalue weighted by Crippen LogP contribution is 2.58. The number of amides is 2. The molecule has 1 aromatic carbocycles. The highest BCUT2D eigenvalue weighted by Gasteiger charge is 2.60. The van der Waals surface area contributed by atoms with Crippen LogP contribution in [0.4, 0.5) is 4.39 Å². The van der Waals surface area contributed by atoms with E-state index in [2.05, 4.69) is 21.1 Å². The first kappa shape index (κ1) is 20.4. The largest absolute Gasteiger partial charge is 0.484 e. The third-order valence-electron chi connectivity index (χ3n) is 6.18. The summed E-state index contributed by atoms with van der Waals surface area (Å²) in [6, 6.07) is 4.04. The number of hydrazine groups is 1. The van der Waals surface area contributed by atoms with Gasteiger partial charge in [-0.05, 0) is 43.7 Å². The summed E-state index contributed by atoms with van der Waals surface area (Å²) in [6.07, 6.45) is 3.42. The Hall–Kier alpha value is -1.90. The molecule has 0 spiro atoms. The molecule has 9 heteroatoms. The average Bonchev–Trinajstić information content (AvgIpc) is 3.37. The summed E-state index contributed by atoms with van der Waals surface area (Å²) in [6.45, 7) is 3.24. The Morgan fingerprint density at radius 1 is 1.34 bits per heavy atom. The fraction of sp³-hybridized carbons (Fsp3) is 0.600. The van der Waals surface area contributed by atoms with E-state index in [1.807, 2.05) is 0 Å². The van der Waals surface area contributed by atoms with E-state index in [0.29, 0.717) is 18.9 Å². The van der Waals surface area contributed by atoms with E-state index in [4.69, 9.17) is 16.3 Å². The lowest BCUT2D eigenvalue weighted by molar-refractivity contribution is -0.134. The number of hydrogen-bond acceptors (Lipinski definition) is 5. The lowest BCUT2D eigenvalue weighted by atomic mass is 9.69. The Balaban J connectivity index is 1.19. The van der Waals surface area contributed by atoms with Gasteiger partial charge in [0.15, 0.2) is 6.61 Å². The summed E-state index contributed by atoms with van der Waals surface area (Å²) in [5, 5.41) is 8.16. The summed E-state index contributed by atoms with van der Waals surface area (Å²) in [5.41, 5.74) is 2.93. The van der Waals surface area contributed by atoms with Crippen LogP contribution in [0.5, 0.6) is 5.75 Å². The highest BCUT2D eigenvalue weighted by atomic mass is 35.5. The minimum Gasteiger partial charge on any atom is -0.484 e. The molecule has 4 fully saturated rings. The summed E-state index contributed by atoms with van der Waals surface area (Å²) in [7, 11) is 0. The number of fused-ring (bicyclic) bond motifs is 1. The van der Waals surface area contributed by atoms with Crippen LogP contribution in [0.3, 0.4) is 0 Å². The molecule has 2 bridgehead atoms. The monoisotopic (exact) mass is 424 g/mol. The maximum Gasteiger partial charge on any atom is 0.258 e. The molecule has 0 unspecified atom stereocenters. The molecule has 3 saturated carbocycles. The molecule has 0 aromatic heterocycles. The van der Waals surface area contributed by atoms with Gasteiger partial charge in [0.1, 0.15) is 11.6 Å². The van der Waals surface area contributed by atoms with Crippen molar-refractivity contribution in [1.29, 1.82) is 0 Å². The minimum atomic E-state index is -0.588. The topological polar surface area (TPSA) is 82.7 Å². The van der Waals surface area contributed by atoms with Crippen LogP contribution in [0.2, 0.25) is 5.02 Å². The number of nitrogens with zero attached hydrogens (tertiary/aromatic N) is 1. The van der Waals surface area contributed by atoms with Gasteiger partial charge >= 0.3 is 0 Å². The molecule has 1 saturated heterocycles. The van der Waals surface area contributed by atoms with Crippen molar-refractivity contribution in [2.45, 2.75) is 31.7 Å². The smallest absolute Gasteiger partial charge is 0.258 e. The summed E-state index contributed by atoms with van der Waals surface area (Å²) < 4.78 is 18.8. The Bertz CT molecular complexity index is 781. The van der Waals surface area contributed by atoms with Crippen molar-refractivity contribution in [2.75, 3.05) is 32.8 Å². The molecule has 0 radical (unpaired) electrons. The van der Waals surface area contributed by atoms with Gasteiger partial charge in [-0.25, -0.2) is 9.40 Å². The van der Waals surface area contributed by atoms with Crippen LogP contribution < -0.4 is 20.8 Å². The third kappa shape index (κ3) is 4.49. The SMILES string of the molecule is O=C(COc1ccc(Cl)c(F)c1)N[C@@H]1CC2(C(=O)NCCN3CCCN3)CC1C2. The molecular formula is C20H26ClFN4O3. The third-order valence-corrected chi connectivity index (χ3v) is 6.49. The summed E-state index contributed by atoms with van der Waals surface area (Å²) in [4.78, 5) is 24.9. The molecule has 7 nitrogen and oxygen atoms in total. The van der Waals surface area contributed by atoms with Crippen LogP contribution in [0.15, 0.2) is 18.2 Å². The number of rotatable bonds is 8. The van der Waals surface area contributed by atoms with Crippen molar-refractivity contribution in [3.63, 3.8) is 0 Å². The molecule has 5 rings (SSSR count). The average molecular weight is 425 g/mol. The summed E-state index contributed by atoms with van der Waals surface area (Å²) >= 11 is 5.63. The van der Waals surface area contributed by atoms with Crippen molar-refractivity contribution in [2.24, 2.45) is 11.3 Å². The second-order valence-electron chi connectivity index (χ2n) is 8.20. The second-order valence-corrected chi connectivity index (χ2v) is 8.60. The number of halogens is 2. The Labute approximate surface area is 174 Å². The van der Waals surface area contributed by atoms with E-state index in [0.717, 1.165) is 45.0 Å². The van der Waals surface area contributed by atoms with Gasteiger partial charge in [0.25, 0.3) is 5.91 Å². The predicted octanol–water partition coefficient (Wildman–Crippen LogP) is 1.47. The number of ether oxygens (including phenoxy) is 1. The van der Waals surface area contributed by atoms with E-state index in [1.165, 1.54) is 12.1 Å². The molecule has 4 aliphatic rings. The van der Waals surface area contributed by atoms with Gasteiger partial charge in [-0.3, -0.25) is 15.0 Å². The van der Waals surface area contributed by atoms with Crippen LogP contribution >= 0.6 is 11.6 Å². The number of nitrogens with one attached hydrogen (secondary N) is 3. The van der Waals surface area contributed by atoms with Crippen molar-refractivity contribution < 1.29 is 18.7 Å². The molecule has 3 aliphatic carbocycles. The number of carbonyl (C=O) groups is 2. The number of hydrogen-bond donors (Lipinski definition) is 3. The normalized spacial score (nSPS) is 28.1. The first-order valence-electron chi connectivity index (χ1n) is 10.1. The molecule has 1 aromatic rings. The maximum absolute atomic E-state index is 13.4. The molecular weight excluding hydrogens is 399 g/mol. The second kappa shape index (κ2) is 8.45. The Kier molecular flexibility index (Phi) is 5.94. The van der Waals surface area contributed by atoms with Crippen LogP contribution in [0.25, 0.3) is 0 Å². The fourth-order valence-electron chi connectivity index (χ4n) is 4.66. The van der Waals surface area contributed by atoms with E-state index in [9.17, 15) is 14.0 Å². The molecule has 3 N–H and O–H groups in total. The molecule has 2 amide bonds. The van der Waals surface area contributed by atoms with Crippen molar-refractivity contribution in [3.05, 3.63) is 29.0 Å². The van der Waals surface area contributed by atoms with E-state index < -0.39 is 5.82 Å². The van der Waals surface area contributed by atoms with Gasteiger partial charge in [0.05, 0.1) is 10.4 Å². The van der Waals surface area contributed by atoms with E-state index in [-0.39, 0.29) is 40.7 Å². The van der Waals surface area contributed by atoms with Crippen molar-refractivity contribution in [3.8, 4) is 5.75 Å². The van der Waals surface area contributed by atoms with Crippen LogP contribution in [0, 0.1) is 17.2 Å². The molecule has 1 heterocycles. The Morgan fingerprint density at radius 3 is 2.90 bits per heavy atom. The van der Waals surface area contributed by atoms with Gasteiger partial charge < -0.3 is 15.4 Å². The van der Waals surface area contributed by atoms with Crippen molar-refractivity contribution in [1.82, 2.24) is 21.1 Å². The van der Waals surface area contributed by atoms with Gasteiger partial charge in [-0.15, -0.1) is 0 Å². The standard InChI is InChI=1S/C20H26ClFN4O3/c21-15-3-2-14(8-16(15)22)29-12-18(27)25-17-11-20(9-13(17)10-20)19(28)23-5-7-26-6-1-4-24-26/h2-3,8,13,17,24H,1,4-7,9-12H2,(H,23,28)(H,25,27)/t13?,17-,20?/m1/s1. The zero-order chi connectivity index (χ0) is 20.4. The number of carbonyl (C=O) groups excluding carboxylic acids is 2. The van der Waals surface area contributed by atoms with Gasteiger partial charge in [-0.1, -0.05) is 11.6 Å². The summed E-state index contributed by atoms with van der Waals surface area (Å²) in [5.74, 6) is -0.181. The van der Waals surface area contributed by atoms with E-state index in [1.54, 1.807) is 0 Å². The lowest BCUT2D eigenvalue weighted by Gasteiger charge is -2.36. The van der Waals surface area contributed by atoms with E-state index >= 15 is 0 Å². The van der Waals surface area contributed by atoms with Crippen LogP contribution in [-0.4, -0.2) is 55.7 Å². The first-order valence-corrected chi connectivity index (χ1v) is 10.5. The van der Waals surface area contributed by atoms with Crippen LogP contribution in [-0.2, 0) is 9.59 Å². The fourth-order valence-corrected chi connectivity index (χ4v) is 4.78. The van der Waals surface area contributed by atoms with Crippen molar-refractivity contribution >= 4 is 23.4 Å². The zero-order valence-electron chi connectivity index (χ0n) is 16.2. The maximum atomic E-state index is 13.4. The van der Waals surface area contributed by atoms with Gasteiger partial charge in [-0.2, -0.15) is 0 Å².